The highest BCUT2D eigenvalue weighted by atomic mass is 35.5. The predicted octanol–water partition coefficient (Wildman–Crippen LogP) is 2.78. The highest BCUT2D eigenvalue weighted by molar-refractivity contribution is 6.32. The Hall–Kier alpha value is -1.88. The molecule has 1 aromatic heterocycles. The molecule has 19 heavy (non-hydrogen) atoms. The number of nitrogens with one attached hydrogen (secondary N) is 1. The number of anilines is 1. The maximum Gasteiger partial charge on any atom is 0.180 e. The summed E-state index contributed by atoms with van der Waals surface area (Å²) in [5, 5.41) is 7.35. The highest BCUT2D eigenvalue weighted by Gasteiger charge is 2.21. The number of nitrogens with zero attached hydrogens (tertiary/aromatic N) is 1. The molecule has 2 heterocycles. The summed E-state index contributed by atoms with van der Waals surface area (Å²) in [5.74, 6) is 1.76. The number of rotatable bonds is 1. The van der Waals surface area contributed by atoms with Gasteiger partial charge in [-0.15, -0.1) is 0 Å². The third-order valence-corrected chi connectivity index (χ3v) is 3.39. The fourth-order valence-corrected chi connectivity index (χ4v) is 2.42. The second-order valence-electron chi connectivity index (χ2n) is 4.45. The molecule has 1 aliphatic rings. The summed E-state index contributed by atoms with van der Waals surface area (Å²) in [6.45, 7) is 3.21. The van der Waals surface area contributed by atoms with Crippen LogP contribution in [-0.2, 0) is 0 Å². The molecular weight excluding hydrogens is 266 g/mol. The van der Waals surface area contributed by atoms with Crippen LogP contribution in [-0.4, -0.2) is 23.4 Å². The van der Waals surface area contributed by atoms with Crippen LogP contribution in [0.4, 0.5) is 5.82 Å². The van der Waals surface area contributed by atoms with E-state index in [1.165, 1.54) is 0 Å². The van der Waals surface area contributed by atoms with Crippen LogP contribution in [0.2, 0.25) is 5.02 Å². The molecule has 3 rings (SSSR count). The van der Waals surface area contributed by atoms with Gasteiger partial charge in [-0.05, 0) is 13.0 Å². The number of nitrogens with two attached hydrogens (primary N) is 1. The Morgan fingerprint density at radius 1 is 1.26 bits per heavy atom. The molecule has 0 bridgehead atoms. The normalized spacial score (nSPS) is 14.2. The smallest absolute Gasteiger partial charge is 0.180 e. The monoisotopic (exact) mass is 279 g/mol. The van der Waals surface area contributed by atoms with Gasteiger partial charge < -0.3 is 15.2 Å². The van der Waals surface area contributed by atoms with Crippen LogP contribution in [0.25, 0.3) is 11.3 Å². The number of hydrogen-bond acceptors (Lipinski definition) is 4. The molecule has 1 aromatic carbocycles. The summed E-state index contributed by atoms with van der Waals surface area (Å²) in [6, 6.07) is 3.61. The van der Waals surface area contributed by atoms with Crippen LogP contribution in [0.1, 0.15) is 12.0 Å². The fourth-order valence-electron chi connectivity index (χ4n) is 2.17. The number of aromatic nitrogens is 2. The summed E-state index contributed by atoms with van der Waals surface area (Å²) in [6.07, 6.45) is 0.844. The molecule has 5 nitrogen and oxygen atoms in total. The zero-order valence-electron chi connectivity index (χ0n) is 10.5. The summed E-state index contributed by atoms with van der Waals surface area (Å²) in [5.41, 5.74) is 8.33. The van der Waals surface area contributed by atoms with E-state index in [1.54, 1.807) is 6.07 Å². The van der Waals surface area contributed by atoms with E-state index in [9.17, 15) is 0 Å². The molecule has 0 saturated heterocycles. The van der Waals surface area contributed by atoms with E-state index < -0.39 is 0 Å². The van der Waals surface area contributed by atoms with Gasteiger partial charge in [0.1, 0.15) is 5.82 Å². The van der Waals surface area contributed by atoms with Crippen molar-refractivity contribution in [3.63, 3.8) is 0 Å². The summed E-state index contributed by atoms with van der Waals surface area (Å²) in [4.78, 5) is 0. The molecule has 100 valence electrons. The lowest BCUT2D eigenvalue weighted by Gasteiger charge is -2.15. The maximum atomic E-state index is 6.28. The average Bonchev–Trinajstić information content (AvgIpc) is 2.66. The Labute approximate surface area is 115 Å². The van der Waals surface area contributed by atoms with Crippen molar-refractivity contribution in [3.05, 3.63) is 22.7 Å². The maximum absolute atomic E-state index is 6.28. The minimum absolute atomic E-state index is 0.442. The zero-order valence-corrected chi connectivity index (χ0v) is 11.3. The Balaban J connectivity index is 2.17. The number of aromatic amines is 1. The number of hydrogen-bond donors (Lipinski definition) is 2. The van der Waals surface area contributed by atoms with Gasteiger partial charge in [0, 0.05) is 23.6 Å². The molecular formula is C13H14ClN3O2. The van der Waals surface area contributed by atoms with E-state index in [0.29, 0.717) is 35.6 Å². The molecule has 0 unspecified atom stereocenters. The fraction of sp³-hybridized carbons (Fsp3) is 0.308. The molecule has 0 amide bonds. The molecule has 1 aliphatic heterocycles. The molecule has 0 atom stereocenters. The standard InChI is InChI=1S/C13H14ClN3O2/c1-7-8(10-6-11(15)17-16-10)5-9(14)13-12(7)18-3-2-4-19-13/h5-6H,2-4H2,1H3,(H3,15,16,17). The number of ether oxygens (including phenoxy) is 2. The molecule has 0 aliphatic carbocycles. The minimum Gasteiger partial charge on any atom is -0.489 e. The van der Waals surface area contributed by atoms with E-state index in [-0.39, 0.29) is 0 Å². The number of fused-ring (bicyclic) bond motifs is 1. The second-order valence-corrected chi connectivity index (χ2v) is 4.85. The Morgan fingerprint density at radius 3 is 2.68 bits per heavy atom. The Kier molecular flexibility index (Phi) is 2.98. The largest absolute Gasteiger partial charge is 0.489 e. The van der Waals surface area contributed by atoms with Gasteiger partial charge in [0.25, 0.3) is 0 Å². The highest BCUT2D eigenvalue weighted by Crippen LogP contribution is 2.44. The van der Waals surface area contributed by atoms with Gasteiger partial charge in [-0.3, -0.25) is 5.10 Å². The Bertz CT molecular complexity index is 625. The zero-order chi connectivity index (χ0) is 13.4. The average molecular weight is 280 g/mol. The minimum atomic E-state index is 0.442. The molecule has 6 heteroatoms. The topological polar surface area (TPSA) is 73.2 Å². The van der Waals surface area contributed by atoms with Crippen molar-refractivity contribution in [3.8, 4) is 22.8 Å². The van der Waals surface area contributed by atoms with E-state index >= 15 is 0 Å². The molecule has 2 aromatic rings. The van der Waals surface area contributed by atoms with E-state index in [2.05, 4.69) is 10.2 Å². The number of halogens is 1. The number of benzene rings is 1. The molecule has 0 saturated carbocycles. The first-order valence-corrected chi connectivity index (χ1v) is 6.44. The van der Waals surface area contributed by atoms with Gasteiger partial charge in [-0.1, -0.05) is 11.6 Å². The Morgan fingerprint density at radius 2 is 2.00 bits per heavy atom. The van der Waals surface area contributed by atoms with Gasteiger partial charge in [0.2, 0.25) is 0 Å². The van der Waals surface area contributed by atoms with Gasteiger partial charge in [0.05, 0.1) is 23.9 Å². The molecule has 3 N–H and O–H groups in total. The number of nitrogen functional groups attached to an aromatic ring is 1. The van der Waals surface area contributed by atoms with Crippen molar-refractivity contribution < 1.29 is 9.47 Å². The first kappa shape index (κ1) is 12.2. The van der Waals surface area contributed by atoms with Crippen LogP contribution in [0, 0.1) is 6.92 Å². The van der Waals surface area contributed by atoms with Crippen molar-refractivity contribution in [1.29, 1.82) is 0 Å². The quantitative estimate of drug-likeness (QED) is 0.842. The summed E-state index contributed by atoms with van der Waals surface area (Å²) in [7, 11) is 0. The SMILES string of the molecule is Cc1c(-c2cc(N)n[nH]2)cc(Cl)c2c1OCCCO2. The van der Waals surface area contributed by atoms with Crippen molar-refractivity contribution in [2.24, 2.45) is 0 Å². The van der Waals surface area contributed by atoms with Gasteiger partial charge in [-0.2, -0.15) is 5.10 Å². The number of H-pyrrole nitrogens is 1. The predicted molar refractivity (Wildman–Crippen MR) is 73.8 cm³/mol. The van der Waals surface area contributed by atoms with Crippen LogP contribution >= 0.6 is 11.6 Å². The molecule has 0 fully saturated rings. The van der Waals surface area contributed by atoms with Crippen molar-refractivity contribution >= 4 is 17.4 Å². The van der Waals surface area contributed by atoms with Crippen molar-refractivity contribution in [2.75, 3.05) is 18.9 Å². The van der Waals surface area contributed by atoms with E-state index in [0.717, 1.165) is 23.2 Å². The lowest BCUT2D eigenvalue weighted by molar-refractivity contribution is 0.296. The summed E-state index contributed by atoms with van der Waals surface area (Å²) >= 11 is 6.28. The third kappa shape index (κ3) is 2.10. The van der Waals surface area contributed by atoms with Crippen molar-refractivity contribution in [2.45, 2.75) is 13.3 Å². The second kappa shape index (κ2) is 4.66. The van der Waals surface area contributed by atoms with Crippen LogP contribution in [0.15, 0.2) is 12.1 Å². The lowest BCUT2D eigenvalue weighted by atomic mass is 10.0. The summed E-state index contributed by atoms with van der Waals surface area (Å²) < 4.78 is 11.4. The van der Waals surface area contributed by atoms with Gasteiger partial charge in [0.15, 0.2) is 11.5 Å². The van der Waals surface area contributed by atoms with Crippen molar-refractivity contribution in [1.82, 2.24) is 10.2 Å². The van der Waals surface area contributed by atoms with Crippen LogP contribution in [0.3, 0.4) is 0 Å². The molecule has 0 spiro atoms. The third-order valence-electron chi connectivity index (χ3n) is 3.11. The lowest BCUT2D eigenvalue weighted by Crippen LogP contribution is -1.98. The molecule has 0 radical (unpaired) electrons. The van der Waals surface area contributed by atoms with Gasteiger partial charge >= 0.3 is 0 Å². The first-order valence-electron chi connectivity index (χ1n) is 6.07. The van der Waals surface area contributed by atoms with E-state index in [4.69, 9.17) is 26.8 Å². The van der Waals surface area contributed by atoms with Crippen LogP contribution < -0.4 is 15.2 Å². The van der Waals surface area contributed by atoms with Gasteiger partial charge in [-0.25, -0.2) is 0 Å². The first-order chi connectivity index (χ1) is 9.16. The van der Waals surface area contributed by atoms with E-state index in [1.807, 2.05) is 13.0 Å². The van der Waals surface area contributed by atoms with Crippen LogP contribution in [0.5, 0.6) is 11.5 Å².